The lowest BCUT2D eigenvalue weighted by molar-refractivity contribution is -0.143. The van der Waals surface area contributed by atoms with E-state index in [2.05, 4.69) is 5.32 Å². The summed E-state index contributed by atoms with van der Waals surface area (Å²) in [4.78, 5) is 29.4. The minimum atomic E-state index is -0.643. The van der Waals surface area contributed by atoms with Crippen molar-refractivity contribution in [2.24, 2.45) is 0 Å². The average Bonchev–Trinajstić information content (AvgIpc) is 2.93. The standard InChI is InChI=1S/C33H40N2O3/c1-24-17-19-28(20-18-24)22-35(32(36)23-38-31-16-10-11-25(2)26(31)3)30(21-27-12-6-4-7-13-27)33(37)34-29-14-8-5-9-15-29/h4,6-7,10-13,16-20,29-30H,5,8-9,14-15,21-23H2,1-3H3,(H,34,37)/t30-/m1/s1. The van der Waals surface area contributed by atoms with Gasteiger partial charge in [-0.25, -0.2) is 0 Å². The van der Waals surface area contributed by atoms with Crippen LogP contribution in [0.3, 0.4) is 0 Å². The first-order valence-electron chi connectivity index (χ1n) is 13.8. The molecular formula is C33H40N2O3. The van der Waals surface area contributed by atoms with Gasteiger partial charge in [0.15, 0.2) is 6.61 Å². The van der Waals surface area contributed by atoms with Crippen LogP contribution in [-0.2, 0) is 22.6 Å². The van der Waals surface area contributed by atoms with Crippen LogP contribution in [0.25, 0.3) is 0 Å². The van der Waals surface area contributed by atoms with E-state index in [0.717, 1.165) is 53.5 Å². The minimum Gasteiger partial charge on any atom is -0.483 e. The highest BCUT2D eigenvalue weighted by Crippen LogP contribution is 2.22. The largest absolute Gasteiger partial charge is 0.483 e. The molecule has 5 nitrogen and oxygen atoms in total. The first-order valence-corrected chi connectivity index (χ1v) is 13.8. The summed E-state index contributed by atoms with van der Waals surface area (Å²) in [5.74, 6) is 0.402. The first kappa shape index (κ1) is 27.4. The van der Waals surface area contributed by atoms with Gasteiger partial charge in [-0.15, -0.1) is 0 Å². The summed E-state index contributed by atoms with van der Waals surface area (Å²) in [6.45, 7) is 6.28. The van der Waals surface area contributed by atoms with Crippen molar-refractivity contribution in [1.82, 2.24) is 10.2 Å². The fourth-order valence-electron chi connectivity index (χ4n) is 5.09. The molecule has 1 atom stereocenters. The molecule has 1 aliphatic rings. The Morgan fingerprint density at radius 2 is 1.58 bits per heavy atom. The zero-order valence-electron chi connectivity index (χ0n) is 22.9. The van der Waals surface area contributed by atoms with E-state index in [4.69, 9.17) is 4.74 Å². The van der Waals surface area contributed by atoms with Crippen LogP contribution in [0.15, 0.2) is 72.8 Å². The summed E-state index contributed by atoms with van der Waals surface area (Å²) < 4.78 is 6.02. The van der Waals surface area contributed by atoms with Crippen LogP contribution in [0.4, 0.5) is 0 Å². The lowest BCUT2D eigenvalue weighted by Gasteiger charge is -2.33. The zero-order valence-corrected chi connectivity index (χ0v) is 22.9. The summed E-state index contributed by atoms with van der Waals surface area (Å²) in [7, 11) is 0. The Balaban J connectivity index is 1.62. The molecule has 0 radical (unpaired) electrons. The van der Waals surface area contributed by atoms with E-state index in [1.807, 2.05) is 93.6 Å². The Bertz CT molecular complexity index is 1200. The van der Waals surface area contributed by atoms with Gasteiger partial charge in [-0.05, 0) is 61.9 Å². The molecule has 0 aromatic heterocycles. The van der Waals surface area contributed by atoms with Crippen LogP contribution in [0.5, 0.6) is 5.75 Å². The highest BCUT2D eigenvalue weighted by Gasteiger charge is 2.32. The highest BCUT2D eigenvalue weighted by molar-refractivity contribution is 5.88. The number of aryl methyl sites for hydroxylation is 2. The van der Waals surface area contributed by atoms with Crippen molar-refractivity contribution in [3.63, 3.8) is 0 Å². The SMILES string of the molecule is Cc1ccc(CN(C(=O)COc2cccc(C)c2C)[C@H](Cc2ccccc2)C(=O)NC2CCCCC2)cc1. The van der Waals surface area contributed by atoms with E-state index in [1.165, 1.54) is 6.42 Å². The number of hydrogen-bond donors (Lipinski definition) is 1. The molecule has 3 aromatic carbocycles. The predicted octanol–water partition coefficient (Wildman–Crippen LogP) is 6.08. The number of benzene rings is 3. The van der Waals surface area contributed by atoms with Gasteiger partial charge in [0, 0.05) is 19.0 Å². The number of amides is 2. The summed E-state index contributed by atoms with van der Waals surface area (Å²) >= 11 is 0. The van der Waals surface area contributed by atoms with Crippen LogP contribution < -0.4 is 10.1 Å². The van der Waals surface area contributed by atoms with Crippen LogP contribution in [-0.4, -0.2) is 35.4 Å². The summed E-state index contributed by atoms with van der Waals surface area (Å²) in [5, 5.41) is 3.29. The van der Waals surface area contributed by atoms with E-state index in [0.29, 0.717) is 18.7 Å². The Morgan fingerprint density at radius 3 is 2.29 bits per heavy atom. The minimum absolute atomic E-state index is 0.0899. The molecule has 1 fully saturated rings. The molecule has 0 bridgehead atoms. The number of hydrogen-bond acceptors (Lipinski definition) is 3. The Kier molecular flexibility index (Phi) is 9.58. The van der Waals surface area contributed by atoms with Crippen LogP contribution in [0, 0.1) is 20.8 Å². The predicted molar refractivity (Wildman–Crippen MR) is 152 cm³/mol. The summed E-state index contributed by atoms with van der Waals surface area (Å²) in [6, 6.07) is 23.4. The highest BCUT2D eigenvalue weighted by atomic mass is 16.5. The molecule has 0 spiro atoms. The van der Waals surface area contributed by atoms with E-state index < -0.39 is 6.04 Å². The van der Waals surface area contributed by atoms with Crippen molar-refractivity contribution in [3.05, 3.63) is 101 Å². The van der Waals surface area contributed by atoms with Crippen molar-refractivity contribution in [3.8, 4) is 5.75 Å². The molecule has 3 aromatic rings. The maximum atomic E-state index is 13.8. The van der Waals surface area contributed by atoms with Gasteiger partial charge in [-0.3, -0.25) is 9.59 Å². The van der Waals surface area contributed by atoms with E-state index in [-0.39, 0.29) is 24.5 Å². The lowest BCUT2D eigenvalue weighted by atomic mass is 9.94. The smallest absolute Gasteiger partial charge is 0.261 e. The Morgan fingerprint density at radius 1 is 0.868 bits per heavy atom. The third kappa shape index (κ3) is 7.47. The number of ether oxygens (including phenoxy) is 1. The molecule has 1 saturated carbocycles. The number of rotatable bonds is 10. The Hall–Kier alpha value is -3.60. The number of nitrogens with one attached hydrogen (secondary N) is 1. The molecule has 0 aliphatic heterocycles. The summed E-state index contributed by atoms with van der Waals surface area (Å²) in [5.41, 5.74) is 5.29. The first-order chi connectivity index (χ1) is 18.4. The molecular weight excluding hydrogens is 472 g/mol. The van der Waals surface area contributed by atoms with Crippen molar-refractivity contribution < 1.29 is 14.3 Å². The molecule has 0 heterocycles. The van der Waals surface area contributed by atoms with Gasteiger partial charge in [0.05, 0.1) is 0 Å². The second-order valence-corrected chi connectivity index (χ2v) is 10.5. The average molecular weight is 513 g/mol. The number of nitrogens with zero attached hydrogens (tertiary/aromatic N) is 1. The molecule has 200 valence electrons. The van der Waals surface area contributed by atoms with E-state index in [9.17, 15) is 9.59 Å². The number of carbonyl (C=O) groups excluding carboxylic acids is 2. The fourth-order valence-corrected chi connectivity index (χ4v) is 5.09. The second-order valence-electron chi connectivity index (χ2n) is 10.5. The van der Waals surface area contributed by atoms with Crippen molar-refractivity contribution in [2.75, 3.05) is 6.61 Å². The van der Waals surface area contributed by atoms with Gasteiger partial charge in [-0.2, -0.15) is 0 Å². The molecule has 4 rings (SSSR count). The molecule has 0 saturated heterocycles. The maximum Gasteiger partial charge on any atom is 0.261 e. The molecule has 2 amide bonds. The second kappa shape index (κ2) is 13.3. The van der Waals surface area contributed by atoms with E-state index >= 15 is 0 Å². The van der Waals surface area contributed by atoms with Gasteiger partial charge in [0.25, 0.3) is 5.91 Å². The Labute approximate surface area is 227 Å². The van der Waals surface area contributed by atoms with Crippen LogP contribution >= 0.6 is 0 Å². The molecule has 1 aliphatic carbocycles. The zero-order chi connectivity index (χ0) is 26.9. The molecule has 38 heavy (non-hydrogen) atoms. The normalized spacial score (nSPS) is 14.5. The quantitative estimate of drug-likeness (QED) is 0.358. The van der Waals surface area contributed by atoms with Crippen LogP contribution in [0.1, 0.15) is 59.9 Å². The van der Waals surface area contributed by atoms with Crippen LogP contribution in [0.2, 0.25) is 0 Å². The van der Waals surface area contributed by atoms with Gasteiger partial charge < -0.3 is 15.0 Å². The van der Waals surface area contributed by atoms with Gasteiger partial charge in [0.2, 0.25) is 5.91 Å². The molecule has 0 unspecified atom stereocenters. The fraction of sp³-hybridized carbons (Fsp3) is 0.394. The molecule has 1 N–H and O–H groups in total. The van der Waals surface area contributed by atoms with Crippen molar-refractivity contribution in [2.45, 2.75) is 77.9 Å². The topological polar surface area (TPSA) is 58.6 Å². The van der Waals surface area contributed by atoms with Crippen molar-refractivity contribution in [1.29, 1.82) is 0 Å². The summed E-state index contributed by atoms with van der Waals surface area (Å²) in [6.07, 6.45) is 5.90. The van der Waals surface area contributed by atoms with Crippen molar-refractivity contribution >= 4 is 11.8 Å². The maximum absolute atomic E-state index is 13.8. The third-order valence-electron chi connectivity index (χ3n) is 7.60. The van der Waals surface area contributed by atoms with Gasteiger partial charge >= 0.3 is 0 Å². The van der Waals surface area contributed by atoms with Gasteiger partial charge in [0.1, 0.15) is 11.8 Å². The van der Waals surface area contributed by atoms with E-state index in [1.54, 1.807) is 4.90 Å². The number of carbonyl (C=O) groups is 2. The third-order valence-corrected chi connectivity index (χ3v) is 7.60. The lowest BCUT2D eigenvalue weighted by Crippen LogP contribution is -2.53. The molecule has 5 heteroatoms. The van der Waals surface area contributed by atoms with Gasteiger partial charge in [-0.1, -0.05) is 91.6 Å². The monoisotopic (exact) mass is 512 g/mol.